The molecule has 0 aliphatic carbocycles. The average Bonchev–Trinajstić information content (AvgIpc) is 3.11. The number of thioether (sulfide) groups is 1. The number of halogens is 3. The van der Waals surface area contributed by atoms with Crippen LogP contribution in [0.15, 0.2) is 84.9 Å². The van der Waals surface area contributed by atoms with Gasteiger partial charge in [0.1, 0.15) is 18.1 Å². The molecular formula is C36H42F3N5O6S. The van der Waals surface area contributed by atoms with Gasteiger partial charge in [0.05, 0.1) is 6.04 Å². The van der Waals surface area contributed by atoms with Crippen molar-refractivity contribution in [2.45, 2.75) is 69.1 Å². The molecule has 0 saturated carbocycles. The first-order chi connectivity index (χ1) is 24.2. The maximum atomic E-state index is 13.7. The first-order valence-electron chi connectivity index (χ1n) is 16.1. The highest BCUT2D eigenvalue weighted by molar-refractivity contribution is 7.98. The van der Waals surface area contributed by atoms with E-state index in [0.29, 0.717) is 16.9 Å². The van der Waals surface area contributed by atoms with Crippen LogP contribution in [0.5, 0.6) is 0 Å². The van der Waals surface area contributed by atoms with E-state index >= 15 is 0 Å². The summed E-state index contributed by atoms with van der Waals surface area (Å²) in [6.07, 6.45) is -7.21. The molecule has 5 atom stereocenters. The van der Waals surface area contributed by atoms with Crippen LogP contribution in [0.3, 0.4) is 0 Å². The van der Waals surface area contributed by atoms with Crippen molar-refractivity contribution in [2.24, 2.45) is 5.73 Å². The molecule has 0 bridgehead atoms. The molecule has 11 nitrogen and oxygen atoms in total. The number of benzene rings is 3. The number of carbonyl (C=O) groups is 5. The fourth-order valence-electron chi connectivity index (χ4n) is 5.04. The molecule has 3 aromatic carbocycles. The molecule has 3 rings (SSSR count). The summed E-state index contributed by atoms with van der Waals surface area (Å²) in [5.41, 5.74) is 7.88. The van der Waals surface area contributed by atoms with Crippen molar-refractivity contribution in [3.63, 3.8) is 0 Å². The Morgan fingerprint density at radius 2 is 1.31 bits per heavy atom. The molecule has 0 aliphatic heterocycles. The predicted molar refractivity (Wildman–Crippen MR) is 188 cm³/mol. The Kier molecular flexibility index (Phi) is 15.5. The zero-order valence-corrected chi connectivity index (χ0v) is 28.9. The van der Waals surface area contributed by atoms with Crippen LogP contribution in [0.2, 0.25) is 0 Å². The van der Waals surface area contributed by atoms with E-state index in [2.05, 4.69) is 16.0 Å². The zero-order chi connectivity index (χ0) is 37.6. The molecule has 0 fully saturated rings. The van der Waals surface area contributed by atoms with Gasteiger partial charge < -0.3 is 32.1 Å². The first kappa shape index (κ1) is 40.5. The summed E-state index contributed by atoms with van der Waals surface area (Å²) in [5, 5.41) is 19.6. The summed E-state index contributed by atoms with van der Waals surface area (Å²) in [6, 6.07) is 19.5. The van der Waals surface area contributed by atoms with E-state index in [4.69, 9.17) is 5.73 Å². The number of hydrogen-bond acceptors (Lipinski definition) is 7. The largest absolute Gasteiger partial charge is 0.416 e. The number of amides is 5. The monoisotopic (exact) mass is 729 g/mol. The SMILES string of the molecule is CSCC[C@@H](NC(=O)c1ccc(-c2ccccc2)cc1)C(=O)NC(Cc1ccccc1)C(=O)N[C@@H](C)C(=O)NC(CCC(N)=O)C(O)C(F)(F)F. The molecule has 15 heteroatoms. The summed E-state index contributed by atoms with van der Waals surface area (Å²) in [5.74, 6) is -3.50. The lowest BCUT2D eigenvalue weighted by Gasteiger charge is -2.28. The first-order valence-corrected chi connectivity index (χ1v) is 17.5. The van der Waals surface area contributed by atoms with Crippen molar-refractivity contribution in [1.29, 1.82) is 0 Å². The van der Waals surface area contributed by atoms with Crippen LogP contribution < -0.4 is 27.0 Å². The quantitative estimate of drug-likeness (QED) is 0.116. The lowest BCUT2D eigenvalue weighted by atomic mass is 10.0. The van der Waals surface area contributed by atoms with Gasteiger partial charge in [0.15, 0.2) is 6.10 Å². The van der Waals surface area contributed by atoms with Crippen LogP contribution in [0.25, 0.3) is 11.1 Å². The molecule has 0 radical (unpaired) electrons. The van der Waals surface area contributed by atoms with Crippen molar-refractivity contribution in [3.8, 4) is 11.1 Å². The Hall–Kier alpha value is -4.89. The molecule has 0 saturated heterocycles. The Labute approximate surface area is 298 Å². The molecule has 5 amide bonds. The van der Waals surface area contributed by atoms with E-state index in [1.54, 1.807) is 54.6 Å². The van der Waals surface area contributed by atoms with Gasteiger partial charge in [-0.2, -0.15) is 24.9 Å². The number of carbonyl (C=O) groups excluding carboxylic acids is 5. The van der Waals surface area contributed by atoms with Gasteiger partial charge in [-0.3, -0.25) is 24.0 Å². The molecule has 274 valence electrons. The highest BCUT2D eigenvalue weighted by atomic mass is 32.2. The van der Waals surface area contributed by atoms with Gasteiger partial charge in [-0.25, -0.2) is 0 Å². The highest BCUT2D eigenvalue weighted by Gasteiger charge is 2.44. The van der Waals surface area contributed by atoms with E-state index in [1.807, 2.05) is 41.9 Å². The Morgan fingerprint density at radius 3 is 1.88 bits per heavy atom. The van der Waals surface area contributed by atoms with E-state index in [0.717, 1.165) is 11.1 Å². The fraction of sp³-hybridized carbons (Fsp3) is 0.361. The molecule has 51 heavy (non-hydrogen) atoms. The van der Waals surface area contributed by atoms with Crippen LogP contribution in [-0.2, 0) is 25.6 Å². The standard InChI is InChI=1S/C36H42F3N5O6S/c1-22(32(47)42-27(17-18-30(40)45)31(46)36(37,38)39)41-35(50)29(21-23-9-5-3-6-10-23)44-34(49)28(19-20-51-2)43-33(48)26-15-13-25(14-16-26)24-11-7-4-8-12-24/h3-16,22,27-29,31,46H,17-21H2,1-2H3,(H2,40,45)(H,41,50)(H,42,47)(H,43,48)(H,44,49)/t22-,27?,28+,29?,31?/m0/s1. The number of aliphatic hydroxyl groups is 1. The van der Waals surface area contributed by atoms with Crippen LogP contribution in [0.4, 0.5) is 13.2 Å². The van der Waals surface area contributed by atoms with E-state index in [1.165, 1.54) is 18.7 Å². The third-order valence-corrected chi connectivity index (χ3v) is 8.54. The normalized spacial score (nSPS) is 14.2. The van der Waals surface area contributed by atoms with E-state index in [-0.39, 0.29) is 12.8 Å². The zero-order valence-electron chi connectivity index (χ0n) is 28.1. The Morgan fingerprint density at radius 1 is 0.745 bits per heavy atom. The van der Waals surface area contributed by atoms with Crippen molar-refractivity contribution < 1.29 is 42.3 Å². The maximum Gasteiger partial charge on any atom is 0.416 e. The minimum absolute atomic E-state index is 0.0229. The smallest absolute Gasteiger partial charge is 0.382 e. The number of hydrogen-bond donors (Lipinski definition) is 6. The van der Waals surface area contributed by atoms with Crippen LogP contribution >= 0.6 is 11.8 Å². The molecule has 0 aromatic heterocycles. The number of primary amides is 1. The van der Waals surface area contributed by atoms with Gasteiger partial charge in [0.25, 0.3) is 5.91 Å². The molecular weight excluding hydrogens is 687 g/mol. The molecule has 3 aromatic rings. The van der Waals surface area contributed by atoms with Crippen LogP contribution in [0.1, 0.15) is 42.1 Å². The summed E-state index contributed by atoms with van der Waals surface area (Å²) in [7, 11) is 0. The van der Waals surface area contributed by atoms with Gasteiger partial charge in [0.2, 0.25) is 23.6 Å². The summed E-state index contributed by atoms with van der Waals surface area (Å²) < 4.78 is 39.8. The number of aliphatic hydroxyl groups excluding tert-OH is 1. The molecule has 3 unspecified atom stereocenters. The number of rotatable bonds is 18. The Balaban J connectivity index is 1.75. The second-order valence-electron chi connectivity index (χ2n) is 11.8. The van der Waals surface area contributed by atoms with Gasteiger partial charge >= 0.3 is 6.18 Å². The van der Waals surface area contributed by atoms with E-state index in [9.17, 15) is 42.3 Å². The number of nitrogens with two attached hydrogens (primary N) is 1. The summed E-state index contributed by atoms with van der Waals surface area (Å²) in [4.78, 5) is 64.5. The topological polar surface area (TPSA) is 180 Å². The number of nitrogens with one attached hydrogen (secondary N) is 4. The van der Waals surface area contributed by atoms with Crippen LogP contribution in [-0.4, -0.2) is 83.1 Å². The lowest BCUT2D eigenvalue weighted by molar-refractivity contribution is -0.212. The molecule has 0 aliphatic rings. The minimum Gasteiger partial charge on any atom is -0.382 e. The summed E-state index contributed by atoms with van der Waals surface area (Å²) in [6.45, 7) is 1.21. The molecule has 0 heterocycles. The second kappa shape index (κ2) is 19.5. The fourth-order valence-corrected chi connectivity index (χ4v) is 5.52. The van der Waals surface area contributed by atoms with Crippen molar-refractivity contribution in [1.82, 2.24) is 21.3 Å². The van der Waals surface area contributed by atoms with Crippen molar-refractivity contribution >= 4 is 41.3 Å². The van der Waals surface area contributed by atoms with E-state index < -0.39 is 78.8 Å². The van der Waals surface area contributed by atoms with Gasteiger partial charge in [-0.15, -0.1) is 0 Å². The van der Waals surface area contributed by atoms with Gasteiger partial charge in [-0.1, -0.05) is 72.8 Å². The molecule has 7 N–H and O–H groups in total. The summed E-state index contributed by atoms with van der Waals surface area (Å²) >= 11 is 1.45. The van der Waals surface area contributed by atoms with Gasteiger partial charge in [0, 0.05) is 18.4 Å². The maximum absolute atomic E-state index is 13.7. The van der Waals surface area contributed by atoms with Gasteiger partial charge in [-0.05, 0) is 60.6 Å². The average molecular weight is 730 g/mol. The second-order valence-corrected chi connectivity index (χ2v) is 12.8. The lowest BCUT2D eigenvalue weighted by Crippen LogP contribution is -2.58. The van der Waals surface area contributed by atoms with Crippen molar-refractivity contribution in [2.75, 3.05) is 12.0 Å². The van der Waals surface area contributed by atoms with Crippen molar-refractivity contribution in [3.05, 3.63) is 96.1 Å². The molecule has 0 spiro atoms. The predicted octanol–water partition coefficient (Wildman–Crippen LogP) is 3.11. The third-order valence-electron chi connectivity index (χ3n) is 7.90. The minimum atomic E-state index is -5.11. The third kappa shape index (κ3) is 13.1. The van der Waals surface area contributed by atoms with Crippen LogP contribution in [0, 0.1) is 0 Å². The number of alkyl halides is 3. The highest BCUT2D eigenvalue weighted by Crippen LogP contribution is 2.24. The Bertz CT molecular complexity index is 1610.